The highest BCUT2D eigenvalue weighted by Crippen LogP contribution is 2.21. The van der Waals surface area contributed by atoms with Gasteiger partial charge in [-0.15, -0.1) is 0 Å². The van der Waals surface area contributed by atoms with E-state index in [-0.39, 0.29) is 5.91 Å². The Kier molecular flexibility index (Phi) is 7.37. The summed E-state index contributed by atoms with van der Waals surface area (Å²) in [6.07, 6.45) is 0. The Bertz CT molecular complexity index is 793. The van der Waals surface area contributed by atoms with Crippen molar-refractivity contribution in [3.63, 3.8) is 0 Å². The first-order valence-electron chi connectivity index (χ1n) is 8.66. The van der Waals surface area contributed by atoms with Gasteiger partial charge in [0.25, 0.3) is 5.91 Å². The molecule has 0 heterocycles. The van der Waals surface area contributed by atoms with Gasteiger partial charge in [0.2, 0.25) is 5.91 Å². The third kappa shape index (κ3) is 6.14. The third-order valence-corrected chi connectivity index (χ3v) is 3.66. The van der Waals surface area contributed by atoms with Crippen LogP contribution in [0.5, 0.6) is 0 Å². The fourth-order valence-electron chi connectivity index (χ4n) is 2.33. The fourth-order valence-corrected chi connectivity index (χ4v) is 2.33. The molecule has 2 rings (SSSR count). The second kappa shape index (κ2) is 9.96. The van der Waals surface area contributed by atoms with Gasteiger partial charge in [0.05, 0.1) is 11.3 Å². The van der Waals surface area contributed by atoms with Crippen LogP contribution in [-0.2, 0) is 14.3 Å². The fraction of sp³-hybridized carbons (Fsp3) is 0.250. The Balaban J connectivity index is 1.94. The first-order valence-corrected chi connectivity index (χ1v) is 8.66. The normalized spacial score (nSPS) is 11.2. The first kappa shape index (κ1) is 20.0. The number of benzene rings is 2. The van der Waals surface area contributed by atoms with E-state index in [9.17, 15) is 14.4 Å². The molecule has 7 heteroatoms. The van der Waals surface area contributed by atoms with E-state index in [0.717, 1.165) is 5.69 Å². The molecule has 1 atom stereocenters. The predicted molar refractivity (Wildman–Crippen MR) is 103 cm³/mol. The van der Waals surface area contributed by atoms with Gasteiger partial charge in [-0.05, 0) is 38.1 Å². The molecular formula is C20H23N3O4. The van der Waals surface area contributed by atoms with Crippen molar-refractivity contribution in [3.8, 4) is 0 Å². The van der Waals surface area contributed by atoms with Gasteiger partial charge in [-0.1, -0.05) is 30.3 Å². The zero-order chi connectivity index (χ0) is 19.6. The molecule has 27 heavy (non-hydrogen) atoms. The predicted octanol–water partition coefficient (Wildman–Crippen LogP) is 2.23. The highest BCUT2D eigenvalue weighted by molar-refractivity contribution is 5.97. The summed E-state index contributed by atoms with van der Waals surface area (Å²) in [4.78, 5) is 35.9. The maximum atomic E-state index is 12.4. The summed E-state index contributed by atoms with van der Waals surface area (Å²) in [6.45, 7) is 3.35. The Hall–Kier alpha value is -3.35. The van der Waals surface area contributed by atoms with Crippen molar-refractivity contribution in [2.75, 3.05) is 18.5 Å². The van der Waals surface area contributed by atoms with Gasteiger partial charge in [-0.25, -0.2) is 4.79 Å². The van der Waals surface area contributed by atoms with E-state index >= 15 is 0 Å². The number of ether oxygens (including phenoxy) is 1. The number of hydrogen-bond donors (Lipinski definition) is 3. The first-order chi connectivity index (χ1) is 13.0. The van der Waals surface area contributed by atoms with Gasteiger partial charge in [-0.3, -0.25) is 9.59 Å². The monoisotopic (exact) mass is 369 g/mol. The molecule has 0 fully saturated rings. The highest BCUT2D eigenvalue weighted by Gasteiger charge is 2.17. The topological polar surface area (TPSA) is 96.5 Å². The van der Waals surface area contributed by atoms with Crippen molar-refractivity contribution in [1.29, 1.82) is 0 Å². The second-order valence-electron chi connectivity index (χ2n) is 5.80. The number of likely N-dealkylation sites (N-methyl/N-ethyl adjacent to an activating group) is 1. The number of carbonyl (C=O) groups excluding carboxylic acids is 3. The van der Waals surface area contributed by atoms with Crippen molar-refractivity contribution >= 4 is 29.2 Å². The van der Waals surface area contributed by atoms with E-state index in [1.807, 2.05) is 30.3 Å². The zero-order valence-electron chi connectivity index (χ0n) is 15.3. The van der Waals surface area contributed by atoms with E-state index in [4.69, 9.17) is 4.74 Å². The molecule has 2 amide bonds. The van der Waals surface area contributed by atoms with Gasteiger partial charge in [0, 0.05) is 12.2 Å². The molecule has 0 saturated heterocycles. The summed E-state index contributed by atoms with van der Waals surface area (Å²) in [5, 5.41) is 8.23. The van der Waals surface area contributed by atoms with E-state index in [1.165, 1.54) is 0 Å². The number of amides is 2. The molecule has 0 radical (unpaired) electrons. The summed E-state index contributed by atoms with van der Waals surface area (Å²) in [5.74, 6) is -1.47. The van der Waals surface area contributed by atoms with Crippen LogP contribution in [0, 0.1) is 0 Å². The summed E-state index contributed by atoms with van der Waals surface area (Å²) in [5.41, 5.74) is 1.71. The van der Waals surface area contributed by atoms with Gasteiger partial charge < -0.3 is 20.7 Å². The van der Waals surface area contributed by atoms with Crippen LogP contribution >= 0.6 is 0 Å². The van der Waals surface area contributed by atoms with Crippen LogP contribution < -0.4 is 16.0 Å². The largest absolute Gasteiger partial charge is 0.452 e. The van der Waals surface area contributed by atoms with Crippen LogP contribution in [0.15, 0.2) is 54.6 Å². The minimum Gasteiger partial charge on any atom is -0.452 e. The molecule has 2 aromatic carbocycles. The van der Waals surface area contributed by atoms with Gasteiger partial charge in [0.15, 0.2) is 6.61 Å². The molecule has 2 aromatic rings. The minimum atomic E-state index is -0.705. The van der Waals surface area contributed by atoms with Crippen LogP contribution in [-0.4, -0.2) is 37.0 Å². The number of carbonyl (C=O) groups is 3. The second-order valence-corrected chi connectivity index (χ2v) is 5.80. The minimum absolute atomic E-state index is 0.297. The molecule has 3 N–H and O–H groups in total. The van der Waals surface area contributed by atoms with Crippen molar-refractivity contribution in [1.82, 2.24) is 10.6 Å². The van der Waals surface area contributed by atoms with Crippen LogP contribution in [0.1, 0.15) is 24.2 Å². The number of para-hydroxylation sites is 2. The number of nitrogens with one attached hydrogen (secondary N) is 3. The molecule has 0 bridgehead atoms. The van der Waals surface area contributed by atoms with Crippen LogP contribution in [0.2, 0.25) is 0 Å². The lowest BCUT2D eigenvalue weighted by Gasteiger charge is -2.14. The van der Waals surface area contributed by atoms with E-state index in [0.29, 0.717) is 17.8 Å². The molecule has 0 aromatic heterocycles. The molecule has 0 aliphatic rings. The lowest BCUT2D eigenvalue weighted by molar-refractivity contribution is -0.130. The molecular weight excluding hydrogens is 346 g/mol. The SMILES string of the molecule is CCNC(=O)[C@@H](C)NC(=O)COC(=O)c1ccccc1Nc1ccccc1. The summed E-state index contributed by atoms with van der Waals surface area (Å²) >= 11 is 0. The van der Waals surface area contributed by atoms with Crippen molar-refractivity contribution in [2.24, 2.45) is 0 Å². The molecule has 0 aliphatic heterocycles. The van der Waals surface area contributed by atoms with Crippen LogP contribution in [0.4, 0.5) is 11.4 Å². The van der Waals surface area contributed by atoms with E-state index in [1.54, 1.807) is 38.1 Å². The Morgan fingerprint density at radius 1 is 1.00 bits per heavy atom. The number of rotatable bonds is 8. The molecule has 0 saturated carbocycles. The molecule has 142 valence electrons. The van der Waals surface area contributed by atoms with Crippen LogP contribution in [0.25, 0.3) is 0 Å². The standard InChI is InChI=1S/C20H23N3O4/c1-3-21-19(25)14(2)22-18(24)13-27-20(26)16-11-7-8-12-17(16)23-15-9-5-4-6-10-15/h4-12,14,23H,3,13H2,1-2H3,(H,21,25)(H,22,24)/t14-/m1/s1. The molecule has 0 spiro atoms. The van der Waals surface area contributed by atoms with Crippen molar-refractivity contribution in [3.05, 3.63) is 60.2 Å². The number of anilines is 2. The quantitative estimate of drug-likeness (QED) is 0.620. The lowest BCUT2D eigenvalue weighted by Crippen LogP contribution is -2.46. The smallest absolute Gasteiger partial charge is 0.340 e. The maximum Gasteiger partial charge on any atom is 0.340 e. The summed E-state index contributed by atoms with van der Waals surface area (Å²) in [7, 11) is 0. The zero-order valence-corrected chi connectivity index (χ0v) is 15.3. The average Bonchev–Trinajstić information content (AvgIpc) is 2.67. The Labute approximate surface area is 158 Å². The highest BCUT2D eigenvalue weighted by atomic mass is 16.5. The lowest BCUT2D eigenvalue weighted by atomic mass is 10.1. The molecule has 0 unspecified atom stereocenters. The average molecular weight is 369 g/mol. The summed E-state index contributed by atoms with van der Waals surface area (Å²) < 4.78 is 5.09. The van der Waals surface area contributed by atoms with Gasteiger partial charge >= 0.3 is 5.97 Å². The number of esters is 1. The van der Waals surface area contributed by atoms with Crippen molar-refractivity contribution < 1.29 is 19.1 Å². The Morgan fingerprint density at radius 3 is 2.37 bits per heavy atom. The van der Waals surface area contributed by atoms with E-state index in [2.05, 4.69) is 16.0 Å². The third-order valence-electron chi connectivity index (χ3n) is 3.66. The molecule has 0 aliphatic carbocycles. The molecule has 7 nitrogen and oxygen atoms in total. The van der Waals surface area contributed by atoms with Gasteiger partial charge in [-0.2, -0.15) is 0 Å². The summed E-state index contributed by atoms with van der Waals surface area (Å²) in [6, 6.07) is 15.6. The number of hydrogen-bond acceptors (Lipinski definition) is 5. The Morgan fingerprint density at radius 2 is 1.67 bits per heavy atom. The maximum absolute atomic E-state index is 12.4. The van der Waals surface area contributed by atoms with Crippen LogP contribution in [0.3, 0.4) is 0 Å². The van der Waals surface area contributed by atoms with E-state index < -0.39 is 24.5 Å². The van der Waals surface area contributed by atoms with Crippen molar-refractivity contribution in [2.45, 2.75) is 19.9 Å². The van der Waals surface area contributed by atoms with Gasteiger partial charge in [0.1, 0.15) is 6.04 Å².